The molecule has 0 aliphatic rings. The van der Waals surface area contributed by atoms with E-state index in [1.165, 1.54) is 6.20 Å². The first-order valence-corrected chi connectivity index (χ1v) is 11.9. The zero-order valence-electron chi connectivity index (χ0n) is 20.0. The Morgan fingerprint density at radius 2 is 1.86 bits per heavy atom. The number of nitrogens with zero attached hydrogens (tertiary/aromatic N) is 5. The molecule has 36 heavy (non-hydrogen) atoms. The minimum Gasteiger partial charge on any atom is -0.365 e. The number of pyridine rings is 1. The molecule has 0 spiro atoms. The molecule has 4 rings (SSSR count). The van der Waals surface area contributed by atoms with Crippen LogP contribution in [0.3, 0.4) is 0 Å². The van der Waals surface area contributed by atoms with Crippen molar-refractivity contribution >= 4 is 39.1 Å². The van der Waals surface area contributed by atoms with E-state index in [0.29, 0.717) is 29.1 Å². The van der Waals surface area contributed by atoms with E-state index in [0.717, 1.165) is 17.5 Å². The lowest BCUT2D eigenvalue weighted by Crippen LogP contribution is -2.18. The Morgan fingerprint density at radius 1 is 1.14 bits per heavy atom. The average molecular weight is 520 g/mol. The molecule has 4 aromatic heterocycles. The first kappa shape index (κ1) is 25.4. The number of halogens is 3. The molecule has 190 valence electrons. The smallest absolute Gasteiger partial charge is 0.365 e. The predicted molar refractivity (Wildman–Crippen MR) is 130 cm³/mol. The molecule has 0 aliphatic heterocycles. The molecular weight excluding hydrogens is 495 g/mol. The van der Waals surface area contributed by atoms with Crippen molar-refractivity contribution in [3.63, 3.8) is 0 Å². The van der Waals surface area contributed by atoms with E-state index >= 15 is 0 Å². The molecule has 0 atom stereocenters. The zero-order chi connectivity index (χ0) is 26.4. The van der Waals surface area contributed by atoms with Crippen molar-refractivity contribution in [1.82, 2.24) is 24.5 Å². The van der Waals surface area contributed by atoms with Crippen molar-refractivity contribution in [2.24, 2.45) is 5.73 Å². The van der Waals surface area contributed by atoms with Crippen LogP contribution in [-0.2, 0) is 24.1 Å². The Kier molecular flexibility index (Phi) is 6.60. The van der Waals surface area contributed by atoms with Crippen LogP contribution in [-0.4, -0.2) is 36.4 Å². The van der Waals surface area contributed by atoms with Crippen molar-refractivity contribution in [1.29, 1.82) is 0 Å². The van der Waals surface area contributed by atoms with Crippen LogP contribution in [0.1, 0.15) is 45.8 Å². The fraction of sp³-hybridized carbons (Fsp3) is 0.348. The van der Waals surface area contributed by atoms with Crippen LogP contribution >= 0.6 is 11.3 Å². The molecule has 0 saturated heterocycles. The third kappa shape index (κ3) is 4.70. The molecule has 0 aliphatic carbocycles. The van der Waals surface area contributed by atoms with Crippen LogP contribution in [0, 0.1) is 20.8 Å². The molecular formula is C23H24F3N7O2S. The van der Waals surface area contributed by atoms with Gasteiger partial charge in [-0.25, -0.2) is 4.98 Å². The Hall–Kier alpha value is -3.74. The Bertz CT molecular complexity index is 1480. The number of amides is 2. The standard InChI is InChI=1S/C23H24F3N7O2S/c1-5-32-13(4)15(10-28-32)14-9-16(23(24,25)26)29-22-18(14)19(20(36-22)21(27)35)30-17(34)6-7-33-12(3)8-11(2)31-33/h8-10H,5-7H2,1-4H3,(H2,27,35)(H,30,34). The number of nitrogens with two attached hydrogens (primary N) is 1. The fourth-order valence-corrected chi connectivity index (χ4v) is 5.10. The summed E-state index contributed by atoms with van der Waals surface area (Å²) in [5, 5.41) is 11.5. The van der Waals surface area contributed by atoms with Crippen molar-refractivity contribution in [3.8, 4) is 11.1 Å². The zero-order valence-corrected chi connectivity index (χ0v) is 20.8. The van der Waals surface area contributed by atoms with Gasteiger partial charge in [0.1, 0.15) is 15.4 Å². The maximum Gasteiger partial charge on any atom is 0.433 e. The second kappa shape index (κ2) is 9.37. The second-order valence-electron chi connectivity index (χ2n) is 8.31. The summed E-state index contributed by atoms with van der Waals surface area (Å²) in [6.07, 6.45) is -3.24. The van der Waals surface area contributed by atoms with E-state index < -0.39 is 23.7 Å². The summed E-state index contributed by atoms with van der Waals surface area (Å²) in [4.78, 5) is 28.8. The Balaban J connectivity index is 1.84. The number of nitrogens with one attached hydrogen (secondary N) is 1. The van der Waals surface area contributed by atoms with Crippen LogP contribution in [0.25, 0.3) is 21.3 Å². The molecule has 9 nitrogen and oxygen atoms in total. The number of hydrogen-bond donors (Lipinski definition) is 2. The largest absolute Gasteiger partial charge is 0.433 e. The number of aryl methyl sites for hydroxylation is 4. The fourth-order valence-electron chi connectivity index (χ4n) is 4.09. The molecule has 0 radical (unpaired) electrons. The summed E-state index contributed by atoms with van der Waals surface area (Å²) in [5.74, 6) is -1.33. The summed E-state index contributed by atoms with van der Waals surface area (Å²) < 4.78 is 44.4. The number of primary amides is 1. The van der Waals surface area contributed by atoms with E-state index in [1.54, 1.807) is 16.3 Å². The highest BCUT2D eigenvalue weighted by atomic mass is 32.1. The molecule has 4 heterocycles. The second-order valence-corrected chi connectivity index (χ2v) is 9.31. The maximum atomic E-state index is 13.7. The molecule has 0 saturated carbocycles. The minimum absolute atomic E-state index is 0.0215. The summed E-state index contributed by atoms with van der Waals surface area (Å²) >= 11 is 0.707. The summed E-state index contributed by atoms with van der Waals surface area (Å²) in [5.41, 5.74) is 7.39. The topological polar surface area (TPSA) is 121 Å². The Morgan fingerprint density at radius 3 is 2.42 bits per heavy atom. The Labute approximate surface area is 208 Å². The van der Waals surface area contributed by atoms with Gasteiger partial charge in [-0.15, -0.1) is 11.3 Å². The number of carbonyl (C=O) groups is 2. The van der Waals surface area contributed by atoms with Crippen molar-refractivity contribution in [3.05, 3.63) is 46.0 Å². The van der Waals surface area contributed by atoms with E-state index in [1.807, 2.05) is 26.8 Å². The molecule has 0 unspecified atom stereocenters. The first-order valence-electron chi connectivity index (χ1n) is 11.1. The number of carbonyl (C=O) groups excluding carboxylic acids is 2. The number of hydrogen-bond acceptors (Lipinski definition) is 6. The normalized spacial score (nSPS) is 11.9. The molecule has 0 aromatic carbocycles. The molecule has 13 heteroatoms. The third-order valence-electron chi connectivity index (χ3n) is 5.79. The lowest BCUT2D eigenvalue weighted by Gasteiger charge is -2.12. The number of aromatic nitrogens is 5. The number of rotatable bonds is 7. The van der Waals surface area contributed by atoms with Crippen LogP contribution in [0.2, 0.25) is 0 Å². The lowest BCUT2D eigenvalue weighted by molar-refractivity contribution is -0.140. The van der Waals surface area contributed by atoms with Crippen molar-refractivity contribution < 1.29 is 22.8 Å². The van der Waals surface area contributed by atoms with Crippen LogP contribution in [0.5, 0.6) is 0 Å². The minimum atomic E-state index is -4.72. The van der Waals surface area contributed by atoms with Crippen LogP contribution in [0.15, 0.2) is 18.3 Å². The van der Waals surface area contributed by atoms with Gasteiger partial charge < -0.3 is 11.1 Å². The van der Waals surface area contributed by atoms with Gasteiger partial charge in [0.05, 0.1) is 17.6 Å². The molecule has 3 N–H and O–H groups in total. The number of thiophene rings is 1. The third-order valence-corrected chi connectivity index (χ3v) is 6.89. The molecule has 0 bridgehead atoms. The van der Waals surface area contributed by atoms with Gasteiger partial charge >= 0.3 is 6.18 Å². The van der Waals surface area contributed by atoms with Crippen molar-refractivity contribution in [2.45, 2.75) is 53.4 Å². The SMILES string of the molecule is CCn1ncc(-c2cc(C(F)(F)F)nc3sc(C(N)=O)c(NC(=O)CCn4nc(C)cc4C)c23)c1C. The van der Waals surface area contributed by atoms with Crippen LogP contribution < -0.4 is 11.1 Å². The summed E-state index contributed by atoms with van der Waals surface area (Å²) in [6.45, 7) is 8.09. The van der Waals surface area contributed by atoms with Gasteiger partial charge in [-0.2, -0.15) is 23.4 Å². The van der Waals surface area contributed by atoms with E-state index in [-0.39, 0.29) is 39.3 Å². The predicted octanol–water partition coefficient (Wildman–Crippen LogP) is 4.45. The highest BCUT2D eigenvalue weighted by Crippen LogP contribution is 2.44. The highest BCUT2D eigenvalue weighted by Gasteiger charge is 2.35. The number of alkyl halides is 3. The summed E-state index contributed by atoms with van der Waals surface area (Å²) in [7, 11) is 0. The monoisotopic (exact) mass is 519 g/mol. The number of anilines is 1. The van der Waals surface area contributed by atoms with Gasteiger partial charge in [0.15, 0.2) is 0 Å². The number of fused-ring (bicyclic) bond motifs is 1. The van der Waals surface area contributed by atoms with Gasteiger partial charge in [-0.1, -0.05) is 0 Å². The average Bonchev–Trinajstić information content (AvgIpc) is 3.45. The van der Waals surface area contributed by atoms with Crippen LogP contribution in [0.4, 0.5) is 18.9 Å². The molecule has 4 aromatic rings. The molecule has 0 fully saturated rings. The lowest BCUT2D eigenvalue weighted by atomic mass is 10.0. The summed E-state index contributed by atoms with van der Waals surface area (Å²) in [6, 6.07) is 2.79. The maximum absolute atomic E-state index is 13.7. The highest BCUT2D eigenvalue weighted by molar-refractivity contribution is 7.21. The van der Waals surface area contributed by atoms with E-state index in [2.05, 4.69) is 20.5 Å². The van der Waals surface area contributed by atoms with Crippen molar-refractivity contribution in [2.75, 3.05) is 5.32 Å². The van der Waals surface area contributed by atoms with Gasteiger partial charge in [0.2, 0.25) is 5.91 Å². The van der Waals surface area contributed by atoms with Gasteiger partial charge in [-0.3, -0.25) is 19.0 Å². The first-order chi connectivity index (χ1) is 16.9. The van der Waals surface area contributed by atoms with E-state index in [4.69, 9.17) is 5.73 Å². The van der Waals surface area contributed by atoms with Gasteiger partial charge in [-0.05, 0) is 45.4 Å². The quantitative estimate of drug-likeness (QED) is 0.374. The van der Waals surface area contributed by atoms with Gasteiger partial charge in [0, 0.05) is 41.8 Å². The van der Waals surface area contributed by atoms with Gasteiger partial charge in [0.25, 0.3) is 5.91 Å². The van der Waals surface area contributed by atoms with E-state index in [9.17, 15) is 22.8 Å². The molecule has 2 amide bonds.